The number of benzene rings is 2. The highest BCUT2D eigenvalue weighted by molar-refractivity contribution is 9.10. The van der Waals surface area contributed by atoms with Gasteiger partial charge in [-0.25, -0.2) is 9.97 Å². The molecule has 0 fully saturated rings. The third-order valence-electron chi connectivity index (χ3n) is 3.82. The van der Waals surface area contributed by atoms with Gasteiger partial charge in [0.05, 0.1) is 10.5 Å². The first kappa shape index (κ1) is 21.9. The highest BCUT2D eigenvalue weighted by atomic mass is 79.9. The van der Waals surface area contributed by atoms with E-state index in [4.69, 9.17) is 11.6 Å². The minimum absolute atomic E-state index is 0.271. The minimum Gasteiger partial charge on any atom is -0.276 e. The maximum Gasteiger partial charge on any atom is 0.356 e. The average Bonchev–Trinajstić information content (AvgIpc) is 2.76. The van der Waals surface area contributed by atoms with Crippen LogP contribution in [0.3, 0.4) is 0 Å². The van der Waals surface area contributed by atoms with Gasteiger partial charge in [-0.3, -0.25) is 41.4 Å². The van der Waals surface area contributed by atoms with Crippen LogP contribution in [0, 0.1) is 10.1 Å². The summed E-state index contributed by atoms with van der Waals surface area (Å²) in [4.78, 5) is 42.9. The Kier molecular flexibility index (Phi) is 6.95. The van der Waals surface area contributed by atoms with Gasteiger partial charge in [-0.1, -0.05) is 23.7 Å². The number of nitrogens with zero attached hydrogens (tertiary/aromatic N) is 3. The molecule has 0 saturated carbocycles. The first-order valence-electron chi connectivity index (χ1n) is 8.49. The molecule has 0 saturated heterocycles. The van der Waals surface area contributed by atoms with Gasteiger partial charge in [0.15, 0.2) is 0 Å². The molecule has 158 valence electrons. The minimum atomic E-state index is -0.760. The number of nitro groups is 1. The SMILES string of the molecule is O=C(NNc1ncnc(NNC(=O)c2ccccc2Br)c1[N+](=O)[O-])c1ccc(Cl)cc1. The van der Waals surface area contributed by atoms with Gasteiger partial charge >= 0.3 is 5.69 Å². The number of hydrogen-bond acceptors (Lipinski definition) is 8. The van der Waals surface area contributed by atoms with E-state index in [9.17, 15) is 19.7 Å². The molecular formula is C18H13BrClN7O4. The summed E-state index contributed by atoms with van der Waals surface area (Å²) in [5.41, 5.74) is 9.42. The number of aromatic nitrogens is 2. The van der Waals surface area contributed by atoms with Gasteiger partial charge in [0, 0.05) is 15.1 Å². The van der Waals surface area contributed by atoms with E-state index in [1.165, 1.54) is 24.3 Å². The first-order chi connectivity index (χ1) is 14.9. The summed E-state index contributed by atoms with van der Waals surface area (Å²) < 4.78 is 0.541. The van der Waals surface area contributed by atoms with E-state index >= 15 is 0 Å². The fourth-order valence-corrected chi connectivity index (χ4v) is 2.94. The Balaban J connectivity index is 1.74. The molecule has 0 atom stereocenters. The number of nitrogens with one attached hydrogen (secondary N) is 4. The molecule has 3 rings (SSSR count). The Morgan fingerprint density at radius 2 is 1.52 bits per heavy atom. The molecule has 0 bridgehead atoms. The summed E-state index contributed by atoms with van der Waals surface area (Å²) in [7, 11) is 0. The van der Waals surface area contributed by atoms with Gasteiger partial charge in [0.2, 0.25) is 11.6 Å². The highest BCUT2D eigenvalue weighted by Crippen LogP contribution is 2.28. The number of carbonyl (C=O) groups is 2. The summed E-state index contributed by atoms with van der Waals surface area (Å²) in [6.07, 6.45) is 1.02. The van der Waals surface area contributed by atoms with Crippen molar-refractivity contribution in [2.75, 3.05) is 10.9 Å². The zero-order valence-electron chi connectivity index (χ0n) is 15.4. The normalized spacial score (nSPS) is 10.1. The van der Waals surface area contributed by atoms with Crippen molar-refractivity contribution in [3.8, 4) is 0 Å². The van der Waals surface area contributed by atoms with Crippen molar-refractivity contribution >= 4 is 56.7 Å². The smallest absolute Gasteiger partial charge is 0.276 e. The predicted molar refractivity (Wildman–Crippen MR) is 116 cm³/mol. The molecule has 0 aliphatic heterocycles. The van der Waals surface area contributed by atoms with Gasteiger partial charge in [0.25, 0.3) is 11.8 Å². The van der Waals surface area contributed by atoms with E-state index in [1.807, 2.05) is 0 Å². The largest absolute Gasteiger partial charge is 0.356 e. The van der Waals surface area contributed by atoms with E-state index in [1.54, 1.807) is 24.3 Å². The van der Waals surface area contributed by atoms with Crippen molar-refractivity contribution in [2.45, 2.75) is 0 Å². The molecule has 0 radical (unpaired) electrons. The van der Waals surface area contributed by atoms with Gasteiger partial charge in [-0.15, -0.1) is 0 Å². The van der Waals surface area contributed by atoms with Gasteiger partial charge in [0.1, 0.15) is 6.33 Å². The van der Waals surface area contributed by atoms with Crippen LogP contribution in [0.1, 0.15) is 20.7 Å². The number of anilines is 2. The van der Waals surface area contributed by atoms with Crippen LogP contribution in [0.15, 0.2) is 59.3 Å². The molecule has 11 nitrogen and oxygen atoms in total. The van der Waals surface area contributed by atoms with Crippen molar-refractivity contribution in [3.63, 3.8) is 0 Å². The summed E-state index contributed by atoms with van der Waals surface area (Å²) in [6, 6.07) is 12.7. The molecule has 0 aliphatic carbocycles. The van der Waals surface area contributed by atoms with Crippen molar-refractivity contribution in [1.29, 1.82) is 0 Å². The first-order valence-corrected chi connectivity index (χ1v) is 9.66. The lowest BCUT2D eigenvalue weighted by Crippen LogP contribution is -2.32. The van der Waals surface area contributed by atoms with E-state index in [0.29, 0.717) is 15.1 Å². The van der Waals surface area contributed by atoms with Crippen molar-refractivity contribution in [3.05, 3.63) is 85.6 Å². The Labute approximate surface area is 188 Å². The molecule has 1 aromatic heterocycles. The monoisotopic (exact) mass is 505 g/mol. The molecule has 2 aromatic carbocycles. The van der Waals surface area contributed by atoms with Crippen LogP contribution in [0.5, 0.6) is 0 Å². The third-order valence-corrected chi connectivity index (χ3v) is 4.76. The number of carbonyl (C=O) groups excluding carboxylic acids is 2. The average molecular weight is 507 g/mol. The van der Waals surface area contributed by atoms with Crippen LogP contribution in [-0.2, 0) is 0 Å². The summed E-state index contributed by atoms with van der Waals surface area (Å²) in [5.74, 6) is -1.70. The van der Waals surface area contributed by atoms with E-state index < -0.39 is 22.4 Å². The van der Waals surface area contributed by atoms with Crippen molar-refractivity contribution in [1.82, 2.24) is 20.8 Å². The third kappa shape index (κ3) is 5.43. The maximum atomic E-state index is 12.3. The molecule has 0 unspecified atom stereocenters. The number of halogens is 2. The van der Waals surface area contributed by atoms with Crippen LogP contribution in [-0.4, -0.2) is 26.7 Å². The summed E-state index contributed by atoms with van der Waals surface area (Å²) in [5, 5.41) is 12.0. The molecule has 3 aromatic rings. The molecule has 31 heavy (non-hydrogen) atoms. The van der Waals surface area contributed by atoms with Crippen LogP contribution in [0.25, 0.3) is 0 Å². The van der Waals surface area contributed by atoms with E-state index in [2.05, 4.69) is 47.6 Å². The second-order valence-corrected chi connectivity index (χ2v) is 7.11. The Bertz CT molecular complexity index is 1140. The van der Waals surface area contributed by atoms with Crippen LogP contribution < -0.4 is 21.7 Å². The van der Waals surface area contributed by atoms with E-state index in [0.717, 1.165) is 6.33 Å². The fraction of sp³-hybridized carbons (Fsp3) is 0. The standard InChI is InChI=1S/C18H13BrClN7O4/c19-13-4-2-1-3-12(13)18(29)26-24-16-14(27(30)31)15(21-9-22-16)23-25-17(28)10-5-7-11(20)8-6-10/h1-9H,(H,25,28)(H,26,29)(H2,21,22,23,24). The van der Waals surface area contributed by atoms with Gasteiger partial charge < -0.3 is 0 Å². The number of amides is 2. The molecule has 0 aliphatic rings. The molecule has 0 spiro atoms. The van der Waals surface area contributed by atoms with Crippen molar-refractivity contribution < 1.29 is 14.5 Å². The van der Waals surface area contributed by atoms with Gasteiger partial charge in [-0.2, -0.15) is 0 Å². The zero-order chi connectivity index (χ0) is 22.4. The lowest BCUT2D eigenvalue weighted by Gasteiger charge is -2.12. The lowest BCUT2D eigenvalue weighted by molar-refractivity contribution is -0.383. The molecule has 2 amide bonds. The highest BCUT2D eigenvalue weighted by Gasteiger charge is 2.24. The van der Waals surface area contributed by atoms with Crippen LogP contribution in [0.4, 0.5) is 17.3 Å². The number of hydrazine groups is 2. The van der Waals surface area contributed by atoms with Crippen molar-refractivity contribution in [2.24, 2.45) is 0 Å². The zero-order valence-corrected chi connectivity index (χ0v) is 17.8. The summed E-state index contributed by atoms with van der Waals surface area (Å²) >= 11 is 9.03. The fourth-order valence-electron chi connectivity index (χ4n) is 2.35. The number of rotatable bonds is 7. The quantitative estimate of drug-likeness (QED) is 0.281. The molecule has 4 N–H and O–H groups in total. The second kappa shape index (κ2) is 9.82. The molecular weight excluding hydrogens is 494 g/mol. The summed E-state index contributed by atoms with van der Waals surface area (Å²) in [6.45, 7) is 0. The van der Waals surface area contributed by atoms with Crippen LogP contribution >= 0.6 is 27.5 Å². The predicted octanol–water partition coefficient (Wildman–Crippen LogP) is 3.31. The lowest BCUT2D eigenvalue weighted by atomic mass is 10.2. The Morgan fingerprint density at radius 3 is 2.10 bits per heavy atom. The van der Waals surface area contributed by atoms with E-state index in [-0.39, 0.29) is 17.2 Å². The maximum absolute atomic E-state index is 12.3. The second-order valence-electron chi connectivity index (χ2n) is 5.82. The molecule has 1 heterocycles. The van der Waals surface area contributed by atoms with Crippen LogP contribution in [0.2, 0.25) is 5.02 Å². The molecule has 13 heteroatoms. The topological polar surface area (TPSA) is 151 Å². The number of hydrogen-bond donors (Lipinski definition) is 4. The Morgan fingerprint density at radius 1 is 0.935 bits per heavy atom. The van der Waals surface area contributed by atoms with Gasteiger partial charge in [-0.05, 0) is 52.3 Å². The Hall–Kier alpha value is -3.77.